The highest BCUT2D eigenvalue weighted by Gasteiger charge is 2.77. The molecule has 316 valence electrons. The molecule has 3 aromatic rings. The Morgan fingerprint density at radius 1 is 1.07 bits per heavy atom. The van der Waals surface area contributed by atoms with E-state index in [1.807, 2.05) is 60.2 Å². The van der Waals surface area contributed by atoms with Crippen LogP contribution in [0.15, 0.2) is 48.0 Å². The number of ether oxygens (including phenoxy) is 4. The summed E-state index contributed by atoms with van der Waals surface area (Å²) in [6.45, 7) is 6.94. The van der Waals surface area contributed by atoms with Gasteiger partial charge in [0.2, 0.25) is 5.60 Å². The Morgan fingerprint density at radius 2 is 1.81 bits per heavy atom. The Morgan fingerprint density at radius 3 is 2.49 bits per heavy atom. The summed E-state index contributed by atoms with van der Waals surface area (Å²) in [7, 11) is 5.97. The quantitative estimate of drug-likeness (QED) is 0.180. The van der Waals surface area contributed by atoms with Gasteiger partial charge in [0.1, 0.15) is 16.8 Å². The zero-order valence-corrected chi connectivity index (χ0v) is 34.8. The number of nitrogens with one attached hydrogen (secondary N) is 1. The summed E-state index contributed by atoms with van der Waals surface area (Å²) in [6.07, 6.45) is 0.941. The number of anilines is 1. The molecular weight excluding hydrogens is 760 g/mol. The molecule has 0 radical (unpaired) electrons. The van der Waals surface area contributed by atoms with Gasteiger partial charge in [-0.3, -0.25) is 19.4 Å². The summed E-state index contributed by atoms with van der Waals surface area (Å²) in [5.41, 5.74) is -1.45. The van der Waals surface area contributed by atoms with Gasteiger partial charge in [0.25, 0.3) is 0 Å². The Balaban J connectivity index is 1.35. The monoisotopic (exact) mass is 814 g/mol. The van der Waals surface area contributed by atoms with Crippen LogP contribution in [0, 0.1) is 11.8 Å². The first-order valence-corrected chi connectivity index (χ1v) is 20.8. The number of nitrogens with zero attached hydrogens (tertiary/aromatic N) is 3. The van der Waals surface area contributed by atoms with Gasteiger partial charge in [-0.2, -0.15) is 0 Å². The molecule has 2 aromatic carbocycles. The van der Waals surface area contributed by atoms with Crippen molar-refractivity contribution in [1.82, 2.24) is 14.8 Å². The number of hydrogen-bond donors (Lipinski definition) is 3. The van der Waals surface area contributed by atoms with Crippen LogP contribution in [0.1, 0.15) is 68.8 Å². The number of halogens is 1. The summed E-state index contributed by atoms with van der Waals surface area (Å²) in [5.74, 6) is -2.65. The Hall–Kier alpha value is -4.50. The molecule has 6 heterocycles. The van der Waals surface area contributed by atoms with Crippen LogP contribution < -0.4 is 9.64 Å². The summed E-state index contributed by atoms with van der Waals surface area (Å²) in [4.78, 5) is 52.4. The highest BCUT2D eigenvalue weighted by Crippen LogP contribution is 2.65. The lowest BCUT2D eigenvalue weighted by atomic mass is 9.52. The van der Waals surface area contributed by atoms with Gasteiger partial charge in [-0.05, 0) is 68.3 Å². The van der Waals surface area contributed by atoms with E-state index in [4.69, 9.17) is 18.9 Å². The maximum absolute atomic E-state index is 16.9. The summed E-state index contributed by atoms with van der Waals surface area (Å²) in [5, 5.41) is 25.0. The molecule has 14 heteroatoms. The summed E-state index contributed by atoms with van der Waals surface area (Å²) < 4.78 is 40.5. The average molecular weight is 815 g/mol. The van der Waals surface area contributed by atoms with Crippen molar-refractivity contribution >= 4 is 34.5 Å². The number of fused-ring (bicyclic) bond motifs is 6. The van der Waals surface area contributed by atoms with E-state index in [0.29, 0.717) is 61.7 Å². The average Bonchev–Trinajstić information content (AvgIpc) is 3.86. The third-order valence-electron chi connectivity index (χ3n) is 15.1. The molecule has 5 aliphatic heterocycles. The number of para-hydroxylation sites is 1. The molecule has 3 unspecified atom stereocenters. The largest absolute Gasteiger partial charge is 0.496 e. The van der Waals surface area contributed by atoms with Gasteiger partial charge in [-0.25, -0.2) is 9.18 Å². The van der Waals surface area contributed by atoms with Crippen molar-refractivity contribution in [2.24, 2.45) is 11.8 Å². The lowest BCUT2D eigenvalue weighted by Gasteiger charge is -2.59. The number of H-pyrrole nitrogens is 1. The zero-order chi connectivity index (χ0) is 42.0. The van der Waals surface area contributed by atoms with Gasteiger partial charge >= 0.3 is 17.9 Å². The van der Waals surface area contributed by atoms with E-state index in [1.165, 1.54) is 28.1 Å². The van der Waals surface area contributed by atoms with Crippen LogP contribution in [-0.4, -0.2) is 133 Å². The second kappa shape index (κ2) is 13.8. The number of rotatable bonds is 7. The number of aliphatic hydroxyl groups excluding tert-OH is 1. The smallest absolute Gasteiger partial charge is 0.344 e. The van der Waals surface area contributed by atoms with Crippen LogP contribution in [0.25, 0.3) is 10.9 Å². The zero-order valence-electron chi connectivity index (χ0n) is 34.8. The topological polar surface area (TPSA) is 154 Å². The third kappa shape index (κ3) is 5.24. The van der Waals surface area contributed by atoms with Gasteiger partial charge < -0.3 is 39.0 Å². The minimum atomic E-state index is -2.31. The van der Waals surface area contributed by atoms with E-state index in [0.717, 1.165) is 27.6 Å². The normalized spacial score (nSPS) is 36.2. The Labute approximate surface area is 343 Å². The number of likely N-dealkylation sites (N-methyl/N-ethyl adjacent to an activating group) is 1. The van der Waals surface area contributed by atoms with Crippen molar-refractivity contribution in [3.63, 3.8) is 0 Å². The van der Waals surface area contributed by atoms with Gasteiger partial charge in [-0.1, -0.05) is 36.8 Å². The molecule has 13 nitrogen and oxygen atoms in total. The van der Waals surface area contributed by atoms with E-state index < -0.39 is 64.2 Å². The van der Waals surface area contributed by atoms with Gasteiger partial charge in [0, 0.05) is 91.4 Å². The highest BCUT2D eigenvalue weighted by molar-refractivity contribution is 5.95. The third-order valence-corrected chi connectivity index (χ3v) is 15.1. The van der Waals surface area contributed by atoms with Crippen molar-refractivity contribution in [1.29, 1.82) is 0 Å². The summed E-state index contributed by atoms with van der Waals surface area (Å²) in [6, 6.07) is 10.4. The second-order valence-corrected chi connectivity index (χ2v) is 17.9. The van der Waals surface area contributed by atoms with E-state index in [1.54, 1.807) is 7.11 Å². The number of carbonyl (C=O) groups excluding carboxylic acids is 3. The molecule has 11 atom stereocenters. The van der Waals surface area contributed by atoms with Crippen molar-refractivity contribution in [2.75, 3.05) is 59.5 Å². The second-order valence-electron chi connectivity index (χ2n) is 17.9. The molecule has 3 fully saturated rings. The van der Waals surface area contributed by atoms with E-state index >= 15 is 9.18 Å². The lowest BCUT2D eigenvalue weighted by molar-refractivity contribution is -0.212. The lowest BCUT2D eigenvalue weighted by Crippen LogP contribution is -2.78. The molecule has 1 saturated carbocycles. The van der Waals surface area contributed by atoms with Crippen LogP contribution in [0.4, 0.5) is 10.1 Å². The standard InChI is InChI=1S/C45H55FN4O9/c1-8-27-13-15-50-16-14-43-30-17-31(34(56-5)18-33(30)48(4)39(43)45(55,41(54)58-7)38(59-25(3)52)35(27)37(43)50)44(40(53)57-6)20-26-19-42(46,24(2)51)23-49(21-26)22-29-28-11-9-10-12-32(28)47-36(29)44/h9-13,17-18,24,26,35,37-39,47,51,55H,8,14-16,19-23H2,1-7H3/t24?,26-,35?,37-,38+,39+,42-,43+,44-,45+/m0/s1. The predicted octanol–water partition coefficient (Wildman–Crippen LogP) is 3.90. The number of aromatic nitrogens is 1. The van der Waals surface area contributed by atoms with E-state index in [2.05, 4.69) is 16.0 Å². The first-order valence-electron chi connectivity index (χ1n) is 20.8. The molecule has 6 aliphatic rings. The number of methoxy groups -OCH3 is 3. The van der Waals surface area contributed by atoms with Gasteiger partial charge in [-0.15, -0.1) is 0 Å². The Bertz CT molecular complexity index is 2280. The summed E-state index contributed by atoms with van der Waals surface area (Å²) >= 11 is 0. The molecule has 59 heavy (non-hydrogen) atoms. The maximum Gasteiger partial charge on any atom is 0.344 e. The number of esters is 3. The van der Waals surface area contributed by atoms with E-state index in [-0.39, 0.29) is 31.3 Å². The van der Waals surface area contributed by atoms with Crippen LogP contribution in [0.2, 0.25) is 0 Å². The molecule has 3 N–H and O–H groups in total. The van der Waals surface area contributed by atoms with Gasteiger partial charge in [0.15, 0.2) is 6.10 Å². The molecule has 0 amide bonds. The number of aliphatic hydroxyl groups is 2. The molecule has 2 bridgehead atoms. The fourth-order valence-electron chi connectivity index (χ4n) is 13.0. The SMILES string of the molecule is CCC1=CCN2CC[C@]34c5cc([C@@]6(C(=O)OC)C[C@H]7CN(Cc8c6[nH]c6ccccc86)C[C@](F)(C(C)O)C7)c(OC)cc5N(C)[C@H]3[C@@](O)(C(=O)OC)[C@H](OC(C)=O)C1[C@H]24. The number of piperidine rings is 1. The fourth-order valence-corrected chi connectivity index (χ4v) is 13.0. The van der Waals surface area contributed by atoms with Crippen LogP contribution in [0.5, 0.6) is 5.75 Å². The molecular formula is C45H55FN4O9. The Kier molecular flexibility index (Phi) is 9.32. The minimum absolute atomic E-state index is 0.0338. The van der Waals surface area contributed by atoms with E-state index in [9.17, 15) is 19.8 Å². The number of alkyl halides is 1. The van der Waals surface area contributed by atoms with Crippen molar-refractivity contribution < 1.29 is 47.9 Å². The van der Waals surface area contributed by atoms with Crippen LogP contribution in [-0.2, 0) is 46.0 Å². The van der Waals surface area contributed by atoms with Crippen LogP contribution >= 0.6 is 0 Å². The highest BCUT2D eigenvalue weighted by atomic mass is 19.1. The van der Waals surface area contributed by atoms with Crippen LogP contribution in [0.3, 0.4) is 0 Å². The molecule has 2 saturated heterocycles. The molecule has 1 aromatic heterocycles. The first-order chi connectivity index (χ1) is 28.1. The van der Waals surface area contributed by atoms with Crippen molar-refractivity contribution in [2.45, 2.75) is 99.4 Å². The first kappa shape index (κ1) is 39.9. The molecule has 1 aliphatic carbocycles. The minimum Gasteiger partial charge on any atom is -0.496 e. The molecule has 9 rings (SSSR count). The maximum atomic E-state index is 16.9. The number of carbonyl (C=O) groups is 3. The number of aromatic amines is 1. The van der Waals surface area contributed by atoms with Crippen molar-refractivity contribution in [3.8, 4) is 5.75 Å². The molecule has 1 spiro atoms. The van der Waals surface area contributed by atoms with Crippen molar-refractivity contribution in [3.05, 3.63) is 70.4 Å². The predicted molar refractivity (Wildman–Crippen MR) is 216 cm³/mol. The number of hydrogen-bond acceptors (Lipinski definition) is 12. The van der Waals surface area contributed by atoms with Gasteiger partial charge in [0.05, 0.1) is 33.5 Å². The number of benzene rings is 2. The fraction of sp³-hybridized carbons (Fsp3) is 0.578.